The van der Waals surface area contributed by atoms with E-state index in [1.165, 1.54) is 12.3 Å². The summed E-state index contributed by atoms with van der Waals surface area (Å²) in [6.07, 6.45) is -2.24. The van der Waals surface area contributed by atoms with Crippen molar-refractivity contribution in [3.05, 3.63) is 48.2 Å². The van der Waals surface area contributed by atoms with Gasteiger partial charge in [0.2, 0.25) is 5.88 Å². The molecule has 0 atom stereocenters. The lowest BCUT2D eigenvalue weighted by Gasteiger charge is -2.13. The minimum Gasteiger partial charge on any atom is -0.493 e. The molecule has 7 nitrogen and oxygen atoms in total. The number of nitrogens with zero attached hydrogens (tertiary/aromatic N) is 2. The van der Waals surface area contributed by atoms with Crippen molar-refractivity contribution in [3.8, 4) is 11.6 Å². The Kier molecular flexibility index (Phi) is 12.8. The Morgan fingerprint density at radius 3 is 2.66 bits per heavy atom. The summed E-state index contributed by atoms with van der Waals surface area (Å²) in [5, 5.41) is 6.32. The fourth-order valence-electron chi connectivity index (χ4n) is 2.45. The van der Waals surface area contributed by atoms with Gasteiger partial charge in [0.1, 0.15) is 5.75 Å². The average molecular weight is 568 g/mol. The van der Waals surface area contributed by atoms with Crippen molar-refractivity contribution in [2.24, 2.45) is 4.99 Å². The molecule has 1 heterocycles. The van der Waals surface area contributed by atoms with E-state index >= 15 is 0 Å². The number of anilines is 1. The second-order valence-electron chi connectivity index (χ2n) is 6.45. The van der Waals surface area contributed by atoms with Crippen molar-refractivity contribution in [1.82, 2.24) is 10.3 Å². The van der Waals surface area contributed by atoms with E-state index in [1.54, 1.807) is 13.2 Å². The van der Waals surface area contributed by atoms with Gasteiger partial charge in [-0.2, -0.15) is 13.2 Å². The average Bonchev–Trinajstić information content (AvgIpc) is 2.74. The molecule has 0 aliphatic heterocycles. The van der Waals surface area contributed by atoms with Crippen LogP contribution in [0.4, 0.5) is 18.9 Å². The minimum atomic E-state index is -4.42. The van der Waals surface area contributed by atoms with Gasteiger partial charge in [-0.1, -0.05) is 6.07 Å². The first-order valence-corrected chi connectivity index (χ1v) is 9.81. The molecule has 2 aromatic rings. The van der Waals surface area contributed by atoms with E-state index in [2.05, 4.69) is 25.3 Å². The van der Waals surface area contributed by atoms with Crippen molar-refractivity contribution < 1.29 is 27.4 Å². The third-order valence-corrected chi connectivity index (χ3v) is 3.81. The van der Waals surface area contributed by atoms with E-state index in [-0.39, 0.29) is 36.4 Å². The summed E-state index contributed by atoms with van der Waals surface area (Å²) >= 11 is 0. The topological polar surface area (TPSA) is 77.0 Å². The van der Waals surface area contributed by atoms with Gasteiger partial charge in [0, 0.05) is 50.7 Å². The summed E-state index contributed by atoms with van der Waals surface area (Å²) in [4.78, 5) is 8.27. The zero-order valence-corrected chi connectivity index (χ0v) is 20.3. The molecule has 0 saturated heterocycles. The van der Waals surface area contributed by atoms with Gasteiger partial charge in [0.15, 0.2) is 12.6 Å². The molecule has 11 heteroatoms. The van der Waals surface area contributed by atoms with Gasteiger partial charge in [-0.25, -0.2) is 9.98 Å². The maximum absolute atomic E-state index is 12.3. The first-order chi connectivity index (χ1) is 14.9. The standard InChI is InChI=1S/C21H27F3N4O3.HI/c1-3-25-20(28-17-6-4-7-18(13-17)30-11-5-10-29-2)27-14-16-8-9-26-19(12-16)31-15-21(22,23)24;/h4,6-9,12-13H,3,5,10-11,14-15H2,1-2H3,(H2,25,27,28);1H. The summed E-state index contributed by atoms with van der Waals surface area (Å²) in [7, 11) is 1.65. The van der Waals surface area contributed by atoms with Gasteiger partial charge in [-0.3, -0.25) is 0 Å². The molecule has 32 heavy (non-hydrogen) atoms. The molecule has 1 aromatic carbocycles. The van der Waals surface area contributed by atoms with Gasteiger partial charge in [0.05, 0.1) is 13.2 Å². The molecular weight excluding hydrogens is 540 g/mol. The lowest BCUT2D eigenvalue weighted by Crippen LogP contribution is -2.30. The van der Waals surface area contributed by atoms with E-state index in [4.69, 9.17) is 9.47 Å². The van der Waals surface area contributed by atoms with Crippen molar-refractivity contribution >= 4 is 35.6 Å². The van der Waals surface area contributed by atoms with Crippen LogP contribution in [0.3, 0.4) is 0 Å². The Bertz CT molecular complexity index is 838. The van der Waals surface area contributed by atoms with Gasteiger partial charge >= 0.3 is 6.18 Å². The number of methoxy groups -OCH3 is 1. The molecule has 0 bridgehead atoms. The molecule has 2 N–H and O–H groups in total. The minimum absolute atomic E-state index is 0. The van der Waals surface area contributed by atoms with Crippen LogP contribution in [0.15, 0.2) is 47.6 Å². The first kappa shape index (κ1) is 27.8. The Hall–Kier alpha value is -2.28. The number of ether oxygens (including phenoxy) is 3. The molecule has 0 fully saturated rings. The number of rotatable bonds is 11. The molecule has 0 saturated carbocycles. The van der Waals surface area contributed by atoms with Crippen molar-refractivity contribution in [2.75, 3.05) is 38.8 Å². The second-order valence-corrected chi connectivity index (χ2v) is 6.45. The van der Waals surface area contributed by atoms with Crippen LogP contribution in [-0.4, -0.2) is 50.6 Å². The summed E-state index contributed by atoms with van der Waals surface area (Å²) in [5.74, 6) is 1.15. The number of aromatic nitrogens is 1. The number of aliphatic imine (C=N–C) groups is 1. The highest BCUT2D eigenvalue weighted by atomic mass is 127. The van der Waals surface area contributed by atoms with Crippen molar-refractivity contribution in [1.29, 1.82) is 0 Å². The van der Waals surface area contributed by atoms with Gasteiger partial charge in [-0.05, 0) is 30.7 Å². The van der Waals surface area contributed by atoms with E-state index in [1.807, 2.05) is 31.2 Å². The number of alkyl halides is 3. The third kappa shape index (κ3) is 11.4. The Morgan fingerprint density at radius 2 is 1.94 bits per heavy atom. The fraction of sp³-hybridized carbons (Fsp3) is 0.429. The second kappa shape index (κ2) is 14.7. The Labute approximate surface area is 202 Å². The Morgan fingerprint density at radius 1 is 1.12 bits per heavy atom. The highest BCUT2D eigenvalue weighted by Gasteiger charge is 2.28. The maximum Gasteiger partial charge on any atom is 0.422 e. The van der Waals surface area contributed by atoms with E-state index < -0.39 is 12.8 Å². The molecule has 0 aliphatic rings. The lowest BCUT2D eigenvalue weighted by atomic mass is 10.2. The molecule has 0 aliphatic carbocycles. The predicted molar refractivity (Wildman–Crippen MR) is 128 cm³/mol. The smallest absolute Gasteiger partial charge is 0.422 e. The molecule has 0 unspecified atom stereocenters. The van der Waals surface area contributed by atoms with Gasteiger partial charge in [0.25, 0.3) is 0 Å². The zero-order chi connectivity index (χ0) is 22.5. The van der Waals surface area contributed by atoms with Gasteiger partial charge in [-0.15, -0.1) is 24.0 Å². The molecular formula is C21H28F3IN4O3. The lowest BCUT2D eigenvalue weighted by molar-refractivity contribution is -0.154. The normalized spacial score (nSPS) is 11.5. The quantitative estimate of drug-likeness (QED) is 0.178. The van der Waals surface area contributed by atoms with Crippen LogP contribution in [0, 0.1) is 0 Å². The van der Waals surface area contributed by atoms with Gasteiger partial charge < -0.3 is 24.8 Å². The Balaban J connectivity index is 0.00000512. The number of hydrogen-bond donors (Lipinski definition) is 2. The SMILES string of the molecule is CCNC(=NCc1ccnc(OCC(F)(F)F)c1)Nc1cccc(OCCCOC)c1.I. The third-order valence-electron chi connectivity index (χ3n) is 3.81. The van der Waals surface area contributed by atoms with Crippen LogP contribution >= 0.6 is 24.0 Å². The van der Waals surface area contributed by atoms with Crippen LogP contribution < -0.4 is 20.1 Å². The number of guanidine groups is 1. The zero-order valence-electron chi connectivity index (χ0n) is 17.9. The molecule has 178 valence electrons. The predicted octanol–water partition coefficient (Wildman–Crippen LogP) is 4.63. The highest BCUT2D eigenvalue weighted by molar-refractivity contribution is 14.0. The number of pyridine rings is 1. The van der Waals surface area contributed by atoms with Crippen LogP contribution in [0.5, 0.6) is 11.6 Å². The maximum atomic E-state index is 12.3. The number of hydrogen-bond acceptors (Lipinski definition) is 5. The van der Waals surface area contributed by atoms with Crippen LogP contribution in [-0.2, 0) is 11.3 Å². The largest absolute Gasteiger partial charge is 0.493 e. The summed E-state index contributed by atoms with van der Waals surface area (Å²) in [6, 6.07) is 10.6. The summed E-state index contributed by atoms with van der Waals surface area (Å²) in [5.41, 5.74) is 1.45. The molecule has 0 amide bonds. The summed E-state index contributed by atoms with van der Waals surface area (Å²) in [6.45, 7) is 2.59. The summed E-state index contributed by atoms with van der Waals surface area (Å²) < 4.78 is 52.3. The molecule has 1 aromatic heterocycles. The highest BCUT2D eigenvalue weighted by Crippen LogP contribution is 2.19. The molecule has 2 rings (SSSR count). The van der Waals surface area contributed by atoms with Crippen molar-refractivity contribution in [2.45, 2.75) is 26.1 Å². The van der Waals surface area contributed by atoms with E-state index in [0.29, 0.717) is 31.3 Å². The van der Waals surface area contributed by atoms with Crippen LogP contribution in [0.2, 0.25) is 0 Å². The fourth-order valence-corrected chi connectivity index (χ4v) is 2.45. The van der Waals surface area contributed by atoms with E-state index in [0.717, 1.165) is 17.9 Å². The molecule has 0 radical (unpaired) electrons. The van der Waals surface area contributed by atoms with Crippen molar-refractivity contribution in [3.63, 3.8) is 0 Å². The van der Waals surface area contributed by atoms with E-state index in [9.17, 15) is 13.2 Å². The number of nitrogens with one attached hydrogen (secondary N) is 2. The molecule has 0 spiro atoms. The first-order valence-electron chi connectivity index (χ1n) is 9.81. The number of halogens is 4. The van der Waals surface area contributed by atoms with Crippen LogP contribution in [0.1, 0.15) is 18.9 Å². The monoisotopic (exact) mass is 568 g/mol. The number of benzene rings is 1. The van der Waals surface area contributed by atoms with Crippen LogP contribution in [0.25, 0.3) is 0 Å².